The summed E-state index contributed by atoms with van der Waals surface area (Å²) in [6.07, 6.45) is 0. The quantitative estimate of drug-likeness (QED) is 0.740. The maximum Gasteiger partial charge on any atom is 0.160 e. The third kappa shape index (κ3) is 1.63. The Bertz CT molecular complexity index is 453. The fourth-order valence-corrected chi connectivity index (χ4v) is 3.52. The summed E-state index contributed by atoms with van der Waals surface area (Å²) in [7, 11) is 0. The van der Waals surface area contributed by atoms with Crippen LogP contribution in [0.1, 0.15) is 22.7 Å². The van der Waals surface area contributed by atoms with Crippen molar-refractivity contribution in [2.75, 3.05) is 18.8 Å². The Kier molecular flexibility index (Phi) is 2.43. The Morgan fingerprint density at radius 1 is 1.38 bits per heavy atom. The van der Waals surface area contributed by atoms with Gasteiger partial charge in [-0.05, 0) is 25.0 Å². The average Bonchev–Trinajstić information content (AvgIpc) is 2.76. The lowest BCUT2D eigenvalue weighted by Gasteiger charge is -2.15. The van der Waals surface area contributed by atoms with Crippen LogP contribution in [0, 0.1) is 13.8 Å². The van der Waals surface area contributed by atoms with Crippen LogP contribution in [-0.2, 0) is 0 Å². The fraction of sp³-hybridized carbons (Fsp3) is 0.462. The molecule has 1 aromatic rings. The van der Waals surface area contributed by atoms with Crippen LogP contribution in [-0.4, -0.2) is 28.9 Å². The van der Waals surface area contributed by atoms with Crippen LogP contribution in [0.25, 0.3) is 0 Å². The van der Waals surface area contributed by atoms with Crippen LogP contribution in [0.3, 0.4) is 0 Å². The molecule has 0 amide bonds. The molecule has 1 fully saturated rings. The van der Waals surface area contributed by atoms with E-state index in [9.17, 15) is 0 Å². The number of amidine groups is 1. The number of benzene rings is 1. The van der Waals surface area contributed by atoms with Gasteiger partial charge in [0.15, 0.2) is 5.17 Å². The predicted molar refractivity (Wildman–Crippen MR) is 70.1 cm³/mol. The normalized spacial score (nSPS) is 23.5. The second-order valence-corrected chi connectivity index (χ2v) is 5.64. The van der Waals surface area contributed by atoms with Crippen molar-refractivity contribution in [2.45, 2.75) is 19.9 Å². The highest BCUT2D eigenvalue weighted by Crippen LogP contribution is 2.33. The standard InChI is InChI=1S/C13H16N2S/c1-9-3-4-11(10(2)7-9)12-8-15-5-6-16-13(15)14-12/h3-4,7,12H,5-6,8H2,1-2H3. The van der Waals surface area contributed by atoms with Gasteiger partial charge >= 0.3 is 0 Å². The fourth-order valence-electron chi connectivity index (χ4n) is 2.47. The lowest BCUT2D eigenvalue weighted by Crippen LogP contribution is -2.22. The summed E-state index contributed by atoms with van der Waals surface area (Å²) in [4.78, 5) is 7.23. The van der Waals surface area contributed by atoms with Gasteiger partial charge in [-0.25, -0.2) is 0 Å². The van der Waals surface area contributed by atoms with E-state index in [2.05, 4.69) is 36.9 Å². The van der Waals surface area contributed by atoms with Gasteiger partial charge in [-0.2, -0.15) is 0 Å². The average molecular weight is 232 g/mol. The first-order valence-corrected chi connectivity index (χ1v) is 6.75. The Labute approximate surface area is 101 Å². The van der Waals surface area contributed by atoms with Crippen LogP contribution < -0.4 is 0 Å². The molecule has 0 N–H and O–H groups in total. The van der Waals surface area contributed by atoms with Gasteiger partial charge in [-0.15, -0.1) is 0 Å². The number of aliphatic imine (C=N–C) groups is 1. The number of nitrogens with zero attached hydrogens (tertiary/aromatic N) is 2. The van der Waals surface area contributed by atoms with E-state index >= 15 is 0 Å². The predicted octanol–water partition coefficient (Wildman–Crippen LogP) is 2.76. The molecule has 0 aromatic heterocycles. The zero-order chi connectivity index (χ0) is 11.1. The van der Waals surface area contributed by atoms with Gasteiger partial charge in [0.05, 0.1) is 6.04 Å². The van der Waals surface area contributed by atoms with E-state index in [0.717, 1.165) is 6.54 Å². The van der Waals surface area contributed by atoms with Crippen molar-refractivity contribution in [1.29, 1.82) is 0 Å². The number of hydrogen-bond acceptors (Lipinski definition) is 3. The smallest absolute Gasteiger partial charge is 0.160 e. The maximum absolute atomic E-state index is 4.82. The van der Waals surface area contributed by atoms with Crippen LogP contribution in [0.4, 0.5) is 0 Å². The molecule has 0 aliphatic carbocycles. The molecule has 2 aliphatic rings. The highest BCUT2D eigenvalue weighted by atomic mass is 32.2. The first kappa shape index (κ1) is 10.2. The lowest BCUT2D eigenvalue weighted by atomic mass is 10.00. The van der Waals surface area contributed by atoms with Gasteiger partial charge in [0, 0.05) is 18.8 Å². The first-order valence-electron chi connectivity index (χ1n) is 5.77. The molecule has 0 spiro atoms. The number of aryl methyl sites for hydroxylation is 2. The van der Waals surface area contributed by atoms with Crippen LogP contribution in [0.2, 0.25) is 0 Å². The highest BCUT2D eigenvalue weighted by molar-refractivity contribution is 8.14. The first-order chi connectivity index (χ1) is 7.74. The largest absolute Gasteiger partial charge is 0.348 e. The van der Waals surface area contributed by atoms with E-state index < -0.39 is 0 Å². The highest BCUT2D eigenvalue weighted by Gasteiger charge is 2.30. The van der Waals surface area contributed by atoms with Crippen molar-refractivity contribution < 1.29 is 0 Å². The second-order valence-electron chi connectivity index (χ2n) is 4.58. The van der Waals surface area contributed by atoms with Gasteiger partial charge in [0.2, 0.25) is 0 Å². The zero-order valence-corrected chi connectivity index (χ0v) is 10.5. The van der Waals surface area contributed by atoms with Crippen molar-refractivity contribution in [3.05, 3.63) is 34.9 Å². The van der Waals surface area contributed by atoms with E-state index in [1.807, 2.05) is 11.8 Å². The van der Waals surface area contributed by atoms with E-state index in [0.29, 0.717) is 6.04 Å². The molecular formula is C13H16N2S. The van der Waals surface area contributed by atoms with E-state index in [1.165, 1.54) is 34.2 Å². The summed E-state index contributed by atoms with van der Waals surface area (Å²) >= 11 is 1.90. The molecule has 2 heterocycles. The minimum atomic E-state index is 0.364. The molecule has 3 rings (SSSR count). The molecule has 0 saturated carbocycles. The lowest BCUT2D eigenvalue weighted by molar-refractivity contribution is 0.463. The van der Waals surface area contributed by atoms with Gasteiger partial charge in [-0.1, -0.05) is 35.5 Å². The van der Waals surface area contributed by atoms with Crippen molar-refractivity contribution in [2.24, 2.45) is 4.99 Å². The maximum atomic E-state index is 4.82. The van der Waals surface area contributed by atoms with Gasteiger partial charge in [0.25, 0.3) is 0 Å². The molecule has 3 heteroatoms. The van der Waals surface area contributed by atoms with E-state index in [4.69, 9.17) is 4.99 Å². The molecule has 2 nitrogen and oxygen atoms in total. The van der Waals surface area contributed by atoms with Gasteiger partial charge in [0.1, 0.15) is 0 Å². The Morgan fingerprint density at radius 3 is 3.00 bits per heavy atom. The van der Waals surface area contributed by atoms with Crippen molar-refractivity contribution in [1.82, 2.24) is 4.90 Å². The topological polar surface area (TPSA) is 15.6 Å². The molecule has 16 heavy (non-hydrogen) atoms. The number of hydrogen-bond donors (Lipinski definition) is 0. The molecule has 1 saturated heterocycles. The van der Waals surface area contributed by atoms with Crippen LogP contribution in [0.15, 0.2) is 23.2 Å². The minimum absolute atomic E-state index is 0.364. The third-order valence-corrected chi connectivity index (χ3v) is 4.32. The number of fused-ring (bicyclic) bond motifs is 1. The second kappa shape index (κ2) is 3.81. The molecule has 0 radical (unpaired) electrons. The monoisotopic (exact) mass is 232 g/mol. The SMILES string of the molecule is Cc1ccc(C2CN3CCSC3=N2)c(C)c1. The van der Waals surface area contributed by atoms with E-state index in [-0.39, 0.29) is 0 Å². The number of rotatable bonds is 1. The molecule has 1 unspecified atom stereocenters. The van der Waals surface area contributed by atoms with Crippen molar-refractivity contribution >= 4 is 16.9 Å². The third-order valence-electron chi connectivity index (χ3n) is 3.31. The summed E-state index contributed by atoms with van der Waals surface area (Å²) in [6, 6.07) is 7.06. The summed E-state index contributed by atoms with van der Waals surface area (Å²) < 4.78 is 0. The molecular weight excluding hydrogens is 216 g/mol. The summed E-state index contributed by atoms with van der Waals surface area (Å²) in [5.41, 5.74) is 4.11. The molecule has 0 bridgehead atoms. The van der Waals surface area contributed by atoms with Crippen LogP contribution >= 0.6 is 11.8 Å². The minimum Gasteiger partial charge on any atom is -0.348 e. The summed E-state index contributed by atoms with van der Waals surface area (Å²) in [5, 5.41) is 1.25. The van der Waals surface area contributed by atoms with Crippen LogP contribution in [0.5, 0.6) is 0 Å². The Balaban J connectivity index is 1.91. The Hall–Kier alpha value is -0.960. The molecule has 1 aromatic carbocycles. The summed E-state index contributed by atoms with van der Waals surface area (Å²) in [6.45, 7) is 6.58. The van der Waals surface area contributed by atoms with E-state index in [1.54, 1.807) is 0 Å². The van der Waals surface area contributed by atoms with Gasteiger partial charge < -0.3 is 4.90 Å². The van der Waals surface area contributed by atoms with Crippen molar-refractivity contribution in [3.8, 4) is 0 Å². The zero-order valence-electron chi connectivity index (χ0n) is 9.73. The molecule has 1 atom stereocenters. The van der Waals surface area contributed by atoms with Crippen molar-refractivity contribution in [3.63, 3.8) is 0 Å². The van der Waals surface area contributed by atoms with Gasteiger partial charge in [-0.3, -0.25) is 4.99 Å². The number of thioether (sulfide) groups is 1. The summed E-state index contributed by atoms with van der Waals surface area (Å²) in [5.74, 6) is 1.21. The Morgan fingerprint density at radius 2 is 2.25 bits per heavy atom. The molecule has 2 aliphatic heterocycles. The molecule has 84 valence electrons.